The molecule has 2 N–H and O–H groups in total. The highest BCUT2D eigenvalue weighted by molar-refractivity contribution is 7.99. The van der Waals surface area contributed by atoms with Gasteiger partial charge in [-0.25, -0.2) is 4.79 Å². The fourth-order valence-electron chi connectivity index (χ4n) is 2.87. The number of aromatic nitrogens is 1. The van der Waals surface area contributed by atoms with Crippen molar-refractivity contribution in [2.45, 2.75) is 19.9 Å². The number of amides is 2. The molecule has 1 fully saturated rings. The average molecular weight is 356 g/mol. The highest BCUT2D eigenvalue weighted by Gasteiger charge is 2.14. The van der Waals surface area contributed by atoms with Crippen LogP contribution < -0.4 is 15.5 Å². The molecular weight excluding hydrogens is 332 g/mol. The number of benzene rings is 1. The predicted molar refractivity (Wildman–Crippen MR) is 106 cm³/mol. The Morgan fingerprint density at radius 3 is 2.72 bits per heavy atom. The largest absolute Gasteiger partial charge is 0.370 e. The van der Waals surface area contributed by atoms with Crippen LogP contribution >= 0.6 is 11.8 Å². The van der Waals surface area contributed by atoms with Crippen LogP contribution in [-0.2, 0) is 0 Å². The first kappa shape index (κ1) is 17.6. The van der Waals surface area contributed by atoms with Gasteiger partial charge >= 0.3 is 6.03 Å². The van der Waals surface area contributed by atoms with E-state index in [1.807, 2.05) is 49.9 Å². The highest BCUT2D eigenvalue weighted by Crippen LogP contribution is 2.25. The van der Waals surface area contributed by atoms with Crippen LogP contribution in [0.15, 0.2) is 42.6 Å². The zero-order chi connectivity index (χ0) is 17.6. The third-order valence-electron chi connectivity index (χ3n) is 4.31. The van der Waals surface area contributed by atoms with E-state index in [0.717, 1.165) is 30.0 Å². The van der Waals surface area contributed by atoms with E-state index < -0.39 is 0 Å². The monoisotopic (exact) mass is 356 g/mol. The van der Waals surface area contributed by atoms with Crippen molar-refractivity contribution in [3.8, 4) is 0 Å². The van der Waals surface area contributed by atoms with Crippen LogP contribution in [0.1, 0.15) is 24.2 Å². The van der Waals surface area contributed by atoms with Crippen LogP contribution in [0.2, 0.25) is 0 Å². The minimum Gasteiger partial charge on any atom is -0.370 e. The van der Waals surface area contributed by atoms with Crippen LogP contribution in [-0.4, -0.2) is 35.6 Å². The van der Waals surface area contributed by atoms with Crippen molar-refractivity contribution in [1.29, 1.82) is 0 Å². The third-order valence-corrected chi connectivity index (χ3v) is 5.26. The van der Waals surface area contributed by atoms with Crippen molar-refractivity contribution in [3.05, 3.63) is 53.9 Å². The van der Waals surface area contributed by atoms with E-state index in [2.05, 4.69) is 32.7 Å². The zero-order valence-corrected chi connectivity index (χ0v) is 15.5. The molecule has 2 heterocycles. The van der Waals surface area contributed by atoms with Gasteiger partial charge in [-0.1, -0.05) is 6.07 Å². The Morgan fingerprint density at radius 2 is 2.04 bits per heavy atom. The quantitative estimate of drug-likeness (QED) is 0.874. The van der Waals surface area contributed by atoms with Gasteiger partial charge in [0.25, 0.3) is 0 Å². The molecule has 132 valence electrons. The van der Waals surface area contributed by atoms with Crippen molar-refractivity contribution in [2.24, 2.45) is 0 Å². The van der Waals surface area contributed by atoms with Crippen molar-refractivity contribution in [1.82, 2.24) is 10.3 Å². The molecule has 0 bridgehead atoms. The molecule has 1 atom stereocenters. The lowest BCUT2D eigenvalue weighted by Gasteiger charge is -2.29. The number of nitrogens with zero attached hydrogens (tertiary/aromatic N) is 2. The van der Waals surface area contributed by atoms with Gasteiger partial charge < -0.3 is 15.5 Å². The molecule has 0 saturated carbocycles. The summed E-state index contributed by atoms with van der Waals surface area (Å²) < 4.78 is 0. The smallest absolute Gasteiger partial charge is 0.319 e. The Hall–Kier alpha value is -2.21. The molecular formula is C19H24N4OS. The first-order valence-electron chi connectivity index (χ1n) is 8.55. The minimum absolute atomic E-state index is 0.147. The summed E-state index contributed by atoms with van der Waals surface area (Å²) in [6.45, 7) is 6.12. The molecule has 25 heavy (non-hydrogen) atoms. The summed E-state index contributed by atoms with van der Waals surface area (Å²) in [5, 5.41) is 5.86. The number of urea groups is 1. The Bertz CT molecular complexity index is 717. The molecule has 2 amide bonds. The summed E-state index contributed by atoms with van der Waals surface area (Å²) in [5.74, 6) is 2.35. The first-order valence-corrected chi connectivity index (χ1v) is 9.71. The van der Waals surface area contributed by atoms with E-state index in [1.165, 1.54) is 17.2 Å². The minimum atomic E-state index is -0.219. The van der Waals surface area contributed by atoms with E-state index in [4.69, 9.17) is 0 Å². The van der Waals surface area contributed by atoms with Crippen molar-refractivity contribution < 1.29 is 4.79 Å². The van der Waals surface area contributed by atoms with E-state index in [9.17, 15) is 4.79 Å². The Balaban J connectivity index is 1.61. The summed E-state index contributed by atoms with van der Waals surface area (Å²) in [6, 6.07) is 11.5. The second-order valence-corrected chi connectivity index (χ2v) is 7.40. The third kappa shape index (κ3) is 4.66. The lowest BCUT2D eigenvalue weighted by Crippen LogP contribution is -2.33. The van der Waals surface area contributed by atoms with Gasteiger partial charge in [-0.3, -0.25) is 4.98 Å². The molecule has 1 unspecified atom stereocenters. The molecule has 0 spiro atoms. The summed E-state index contributed by atoms with van der Waals surface area (Å²) >= 11 is 2.00. The van der Waals surface area contributed by atoms with Gasteiger partial charge in [-0.05, 0) is 49.7 Å². The van der Waals surface area contributed by atoms with Crippen molar-refractivity contribution in [3.63, 3.8) is 0 Å². The van der Waals surface area contributed by atoms with Crippen molar-refractivity contribution >= 4 is 29.2 Å². The number of anilines is 2. The van der Waals surface area contributed by atoms with Crippen molar-refractivity contribution in [2.75, 3.05) is 34.8 Å². The SMILES string of the molecule is Cc1cc(N2CCSCC2)ccc1NC(=O)NC(C)c1ccccn1. The van der Waals surface area contributed by atoms with Crippen LogP contribution in [0.25, 0.3) is 0 Å². The van der Waals surface area contributed by atoms with Gasteiger partial charge in [-0.15, -0.1) is 0 Å². The maximum atomic E-state index is 12.3. The Labute approximate surface area is 153 Å². The number of rotatable bonds is 4. The lowest BCUT2D eigenvalue weighted by molar-refractivity contribution is 0.249. The topological polar surface area (TPSA) is 57.3 Å². The number of hydrogen-bond acceptors (Lipinski definition) is 4. The number of hydrogen-bond donors (Lipinski definition) is 2. The van der Waals surface area contributed by atoms with Gasteiger partial charge in [0.1, 0.15) is 0 Å². The second-order valence-electron chi connectivity index (χ2n) is 6.17. The van der Waals surface area contributed by atoms with Crippen LogP contribution in [0.3, 0.4) is 0 Å². The molecule has 2 aromatic rings. The predicted octanol–water partition coefficient (Wildman–Crippen LogP) is 3.83. The molecule has 1 aromatic carbocycles. The molecule has 5 nitrogen and oxygen atoms in total. The first-order chi connectivity index (χ1) is 12.1. The normalized spacial score (nSPS) is 15.5. The van der Waals surface area contributed by atoms with Gasteiger partial charge in [0.05, 0.1) is 11.7 Å². The number of carbonyl (C=O) groups is 1. The van der Waals surface area contributed by atoms with Crippen LogP contribution in [0, 0.1) is 6.92 Å². The molecule has 6 heteroatoms. The zero-order valence-electron chi connectivity index (χ0n) is 14.7. The number of thioether (sulfide) groups is 1. The lowest BCUT2D eigenvalue weighted by atomic mass is 10.1. The Morgan fingerprint density at radius 1 is 1.24 bits per heavy atom. The fourth-order valence-corrected chi connectivity index (χ4v) is 3.77. The highest BCUT2D eigenvalue weighted by atomic mass is 32.2. The standard InChI is InChI=1S/C19H24N4OS/c1-14-13-16(23-9-11-25-12-10-23)6-7-17(14)22-19(24)21-15(2)18-5-3-4-8-20-18/h3-8,13,15H,9-12H2,1-2H3,(H2,21,22,24). The maximum Gasteiger partial charge on any atom is 0.319 e. The van der Waals surface area contributed by atoms with Crippen LogP contribution in [0.5, 0.6) is 0 Å². The van der Waals surface area contributed by atoms with E-state index >= 15 is 0 Å². The fraction of sp³-hybridized carbons (Fsp3) is 0.368. The number of nitrogens with one attached hydrogen (secondary N) is 2. The van der Waals surface area contributed by atoms with Gasteiger partial charge in [-0.2, -0.15) is 11.8 Å². The number of aryl methyl sites for hydroxylation is 1. The molecule has 0 radical (unpaired) electrons. The van der Waals surface area contributed by atoms with E-state index in [0.29, 0.717) is 0 Å². The Kier molecular flexibility index (Phi) is 5.81. The molecule has 1 aliphatic rings. The molecule has 0 aliphatic carbocycles. The number of pyridine rings is 1. The second kappa shape index (κ2) is 8.25. The maximum absolute atomic E-state index is 12.3. The molecule has 3 rings (SSSR count). The van der Waals surface area contributed by atoms with Gasteiger partial charge in [0, 0.05) is 42.2 Å². The molecule has 1 aliphatic heterocycles. The summed E-state index contributed by atoms with van der Waals surface area (Å²) in [6.07, 6.45) is 1.73. The molecule has 1 aromatic heterocycles. The number of carbonyl (C=O) groups excluding carboxylic acids is 1. The average Bonchev–Trinajstić information content (AvgIpc) is 2.65. The van der Waals surface area contributed by atoms with E-state index in [1.54, 1.807) is 6.20 Å². The van der Waals surface area contributed by atoms with Crippen LogP contribution in [0.4, 0.5) is 16.2 Å². The van der Waals surface area contributed by atoms with E-state index in [-0.39, 0.29) is 12.1 Å². The molecule has 1 saturated heterocycles. The summed E-state index contributed by atoms with van der Waals surface area (Å²) in [7, 11) is 0. The summed E-state index contributed by atoms with van der Waals surface area (Å²) in [5.41, 5.74) is 3.97. The van der Waals surface area contributed by atoms with Gasteiger partial charge in [0.2, 0.25) is 0 Å². The summed E-state index contributed by atoms with van der Waals surface area (Å²) in [4.78, 5) is 18.9. The van der Waals surface area contributed by atoms with Gasteiger partial charge in [0.15, 0.2) is 0 Å².